The summed E-state index contributed by atoms with van der Waals surface area (Å²) in [6, 6.07) is 0. The lowest BCUT2D eigenvalue weighted by molar-refractivity contribution is -0.146. The highest BCUT2D eigenvalue weighted by Crippen LogP contribution is 2.21. The summed E-state index contributed by atoms with van der Waals surface area (Å²) >= 11 is 0. The quantitative estimate of drug-likeness (QED) is 0.0796. The third kappa shape index (κ3) is 28.7. The minimum Gasteiger partial charge on any atom is -0.481 e. The molecular formula is C36H72O3. The van der Waals surface area contributed by atoms with Crippen LogP contribution in [0.2, 0.25) is 0 Å². The van der Waals surface area contributed by atoms with Gasteiger partial charge >= 0.3 is 5.97 Å². The fourth-order valence-corrected chi connectivity index (χ4v) is 5.97. The Balaban J connectivity index is 3.52. The first kappa shape index (κ1) is 38.4. The number of aliphatic hydroxyl groups is 1. The second-order valence-electron chi connectivity index (χ2n) is 12.6. The highest BCUT2D eigenvalue weighted by atomic mass is 16.4. The van der Waals surface area contributed by atoms with E-state index in [-0.39, 0.29) is 0 Å². The summed E-state index contributed by atoms with van der Waals surface area (Å²) in [5, 5.41) is 20.1. The number of carbonyl (C=O) groups is 1. The molecule has 0 aliphatic heterocycles. The molecule has 39 heavy (non-hydrogen) atoms. The van der Waals surface area contributed by atoms with Crippen LogP contribution in [-0.2, 0) is 4.79 Å². The minimum absolute atomic E-state index is 0.575. The molecule has 0 aromatic rings. The van der Waals surface area contributed by atoms with Gasteiger partial charge in [0.15, 0.2) is 0 Å². The number of carboxylic acid groups (broad SMARTS) is 1. The lowest BCUT2D eigenvalue weighted by Gasteiger charge is -2.19. The third-order valence-corrected chi connectivity index (χ3v) is 8.75. The molecule has 2 unspecified atom stereocenters. The molecule has 0 saturated heterocycles. The monoisotopic (exact) mass is 553 g/mol. The molecular weight excluding hydrogens is 480 g/mol. The molecule has 0 heterocycles. The number of hydrogen-bond donors (Lipinski definition) is 2. The molecule has 0 bridgehead atoms. The molecule has 0 aromatic carbocycles. The Kier molecular flexibility index (Phi) is 31.5. The van der Waals surface area contributed by atoms with Gasteiger partial charge in [0, 0.05) is 0 Å². The van der Waals surface area contributed by atoms with Gasteiger partial charge in [-0.05, 0) is 12.8 Å². The molecule has 0 fully saturated rings. The van der Waals surface area contributed by atoms with Crippen LogP contribution >= 0.6 is 0 Å². The van der Waals surface area contributed by atoms with E-state index in [9.17, 15) is 15.0 Å². The molecule has 0 rings (SSSR count). The zero-order valence-electron chi connectivity index (χ0n) is 26.9. The highest BCUT2D eigenvalue weighted by Gasteiger charge is 2.25. The Morgan fingerprint density at radius 2 is 0.641 bits per heavy atom. The number of unbranched alkanes of at least 4 members (excludes halogenated alkanes) is 27. The molecule has 0 aliphatic carbocycles. The summed E-state index contributed by atoms with van der Waals surface area (Å²) in [5.41, 5.74) is 0. The van der Waals surface area contributed by atoms with Crippen LogP contribution in [0.3, 0.4) is 0 Å². The topological polar surface area (TPSA) is 57.5 Å². The first-order valence-corrected chi connectivity index (χ1v) is 18.0. The number of carboxylic acids is 1. The average molecular weight is 553 g/mol. The predicted molar refractivity (Wildman–Crippen MR) is 172 cm³/mol. The summed E-state index contributed by atoms with van der Waals surface area (Å²) in [5.74, 6) is -1.38. The molecule has 3 nitrogen and oxygen atoms in total. The van der Waals surface area contributed by atoms with Crippen molar-refractivity contribution >= 4 is 5.97 Å². The van der Waals surface area contributed by atoms with Gasteiger partial charge in [-0.1, -0.05) is 200 Å². The van der Waals surface area contributed by atoms with Gasteiger partial charge in [-0.25, -0.2) is 0 Å². The summed E-state index contributed by atoms with van der Waals surface area (Å²) in [6.07, 6.45) is 38.8. The summed E-state index contributed by atoms with van der Waals surface area (Å²) < 4.78 is 0. The van der Waals surface area contributed by atoms with Gasteiger partial charge in [0.2, 0.25) is 0 Å². The maximum absolute atomic E-state index is 11.7. The van der Waals surface area contributed by atoms with E-state index in [1.54, 1.807) is 0 Å². The van der Waals surface area contributed by atoms with Crippen LogP contribution in [0.4, 0.5) is 0 Å². The van der Waals surface area contributed by atoms with Crippen molar-refractivity contribution < 1.29 is 15.0 Å². The second kappa shape index (κ2) is 32.0. The van der Waals surface area contributed by atoms with E-state index in [0.717, 1.165) is 25.7 Å². The van der Waals surface area contributed by atoms with Gasteiger partial charge in [0.05, 0.1) is 12.0 Å². The smallest absolute Gasteiger partial charge is 0.309 e. The standard InChI is InChI=1S/C36H72O3/c1-3-5-7-9-11-13-15-17-19-21-23-25-27-29-31-33-35(37)34(36(38)39)32-30-28-26-24-22-20-18-16-14-12-10-8-6-4-2/h34-35,37H,3-33H2,1-2H3,(H,38,39). The summed E-state index contributed by atoms with van der Waals surface area (Å²) in [7, 11) is 0. The summed E-state index contributed by atoms with van der Waals surface area (Å²) in [4.78, 5) is 11.7. The van der Waals surface area contributed by atoms with Gasteiger partial charge < -0.3 is 10.2 Å². The molecule has 0 saturated carbocycles. The number of aliphatic hydroxyl groups excluding tert-OH is 1. The Morgan fingerprint density at radius 1 is 0.410 bits per heavy atom. The zero-order chi connectivity index (χ0) is 28.7. The van der Waals surface area contributed by atoms with E-state index in [4.69, 9.17) is 0 Å². The fraction of sp³-hybridized carbons (Fsp3) is 0.972. The van der Waals surface area contributed by atoms with Gasteiger partial charge in [-0.3, -0.25) is 4.79 Å². The first-order chi connectivity index (χ1) is 19.1. The van der Waals surface area contributed by atoms with E-state index in [0.29, 0.717) is 12.8 Å². The molecule has 0 amide bonds. The predicted octanol–water partition coefficient (Wildman–Crippen LogP) is 12.2. The normalized spacial score (nSPS) is 13.1. The van der Waals surface area contributed by atoms with E-state index in [2.05, 4.69) is 13.8 Å². The molecule has 2 N–H and O–H groups in total. The Bertz CT molecular complexity index is 478. The maximum atomic E-state index is 11.7. The molecule has 0 spiro atoms. The second-order valence-corrected chi connectivity index (χ2v) is 12.6. The Labute approximate surface area is 245 Å². The molecule has 0 radical (unpaired) electrons. The van der Waals surface area contributed by atoms with Crippen LogP contribution in [0.15, 0.2) is 0 Å². The third-order valence-electron chi connectivity index (χ3n) is 8.75. The van der Waals surface area contributed by atoms with E-state index in [1.807, 2.05) is 0 Å². The van der Waals surface area contributed by atoms with Crippen LogP contribution in [0, 0.1) is 5.92 Å². The van der Waals surface area contributed by atoms with Crippen molar-refractivity contribution in [2.45, 2.75) is 219 Å². The summed E-state index contributed by atoms with van der Waals surface area (Å²) in [6.45, 7) is 4.55. The highest BCUT2D eigenvalue weighted by molar-refractivity contribution is 5.70. The van der Waals surface area contributed by atoms with Crippen molar-refractivity contribution in [3.8, 4) is 0 Å². The number of rotatable bonds is 33. The van der Waals surface area contributed by atoms with Crippen LogP contribution in [0.25, 0.3) is 0 Å². The van der Waals surface area contributed by atoms with Crippen molar-refractivity contribution in [1.29, 1.82) is 0 Å². The Morgan fingerprint density at radius 3 is 0.897 bits per heavy atom. The number of hydrogen-bond acceptors (Lipinski definition) is 2. The van der Waals surface area contributed by atoms with Crippen LogP contribution in [0.1, 0.15) is 213 Å². The zero-order valence-corrected chi connectivity index (χ0v) is 26.9. The maximum Gasteiger partial charge on any atom is 0.309 e. The van der Waals surface area contributed by atoms with Gasteiger partial charge in [0.1, 0.15) is 0 Å². The SMILES string of the molecule is CCCCCCCCCCCCCCCCCC(O)C(CCCCCCCCCCCCCCCC)C(=O)O. The van der Waals surface area contributed by atoms with Crippen LogP contribution in [-0.4, -0.2) is 22.3 Å². The van der Waals surface area contributed by atoms with E-state index < -0.39 is 18.0 Å². The first-order valence-electron chi connectivity index (χ1n) is 18.0. The van der Waals surface area contributed by atoms with Gasteiger partial charge in [-0.15, -0.1) is 0 Å². The van der Waals surface area contributed by atoms with Crippen LogP contribution in [0.5, 0.6) is 0 Å². The molecule has 234 valence electrons. The van der Waals surface area contributed by atoms with Crippen LogP contribution < -0.4 is 0 Å². The Hall–Kier alpha value is -0.570. The van der Waals surface area contributed by atoms with Gasteiger partial charge in [0.25, 0.3) is 0 Å². The van der Waals surface area contributed by atoms with Crippen molar-refractivity contribution in [3.63, 3.8) is 0 Å². The van der Waals surface area contributed by atoms with E-state index >= 15 is 0 Å². The molecule has 2 atom stereocenters. The van der Waals surface area contributed by atoms with Gasteiger partial charge in [-0.2, -0.15) is 0 Å². The van der Waals surface area contributed by atoms with E-state index in [1.165, 1.54) is 161 Å². The molecule has 0 aromatic heterocycles. The minimum atomic E-state index is -0.807. The molecule has 0 aliphatic rings. The largest absolute Gasteiger partial charge is 0.481 e. The lowest BCUT2D eigenvalue weighted by atomic mass is 9.91. The average Bonchev–Trinajstić information content (AvgIpc) is 2.92. The van der Waals surface area contributed by atoms with Crippen molar-refractivity contribution in [2.75, 3.05) is 0 Å². The fourth-order valence-electron chi connectivity index (χ4n) is 5.97. The lowest BCUT2D eigenvalue weighted by Crippen LogP contribution is -2.28. The number of aliphatic carboxylic acids is 1. The van der Waals surface area contributed by atoms with Crippen molar-refractivity contribution in [1.82, 2.24) is 0 Å². The molecule has 3 heteroatoms. The van der Waals surface area contributed by atoms with Crippen molar-refractivity contribution in [2.24, 2.45) is 5.92 Å². The van der Waals surface area contributed by atoms with Crippen molar-refractivity contribution in [3.05, 3.63) is 0 Å².